The van der Waals surface area contributed by atoms with Crippen molar-refractivity contribution in [2.75, 3.05) is 0 Å². The molecule has 0 bridgehead atoms. The van der Waals surface area contributed by atoms with Crippen LogP contribution in [0.15, 0.2) is 53.9 Å². The second-order valence-electron chi connectivity index (χ2n) is 4.89. The molecule has 0 spiro atoms. The fourth-order valence-electron chi connectivity index (χ4n) is 3.08. The van der Waals surface area contributed by atoms with Crippen molar-refractivity contribution in [1.29, 1.82) is 0 Å². The van der Waals surface area contributed by atoms with Crippen LogP contribution in [0.5, 0.6) is 0 Å². The lowest BCUT2D eigenvalue weighted by Crippen LogP contribution is -2.42. The van der Waals surface area contributed by atoms with E-state index in [2.05, 4.69) is 41.7 Å². The number of rotatable bonds is 1. The number of nitroso groups, excluding NO2 is 1. The number of nitrogens with zero attached hydrogens (tertiary/aromatic N) is 2. The third-order valence-corrected chi connectivity index (χ3v) is 3.97. The molecule has 1 heterocycles. The summed E-state index contributed by atoms with van der Waals surface area (Å²) < 4.78 is 0. The zero-order valence-electron chi connectivity index (χ0n) is 9.65. The second kappa shape index (κ2) is 4.32. The van der Waals surface area contributed by atoms with Crippen molar-refractivity contribution in [3.8, 4) is 0 Å². The largest absolute Gasteiger partial charge is 0.246 e. The highest BCUT2D eigenvalue weighted by Gasteiger charge is 2.37. The molecule has 4 unspecified atom stereocenters. The molecule has 3 heteroatoms. The van der Waals surface area contributed by atoms with Gasteiger partial charge in [-0.05, 0) is 12.8 Å². The molecule has 17 heavy (non-hydrogen) atoms. The highest BCUT2D eigenvalue weighted by molar-refractivity contribution is 5.23. The molecule has 0 radical (unpaired) electrons. The summed E-state index contributed by atoms with van der Waals surface area (Å²) in [6, 6.07) is 0.257. The standard InChI is InChI=1S/C14H16N2O/c17-15-16-13-7-3-1-5-11(13)9-10-12-6-2-4-8-14(12)16/h1-8,11-14H,9-10H2. The predicted octanol–water partition coefficient (Wildman–Crippen LogP) is 2.99. The van der Waals surface area contributed by atoms with Crippen LogP contribution in [0.25, 0.3) is 0 Å². The van der Waals surface area contributed by atoms with Crippen LogP contribution in [0.3, 0.4) is 0 Å². The van der Waals surface area contributed by atoms with E-state index in [1.165, 1.54) is 0 Å². The summed E-state index contributed by atoms with van der Waals surface area (Å²) in [6.45, 7) is 0. The van der Waals surface area contributed by atoms with Gasteiger partial charge in [-0.15, -0.1) is 4.91 Å². The van der Waals surface area contributed by atoms with E-state index >= 15 is 0 Å². The molecule has 3 nitrogen and oxygen atoms in total. The van der Waals surface area contributed by atoms with Gasteiger partial charge in [-0.25, -0.2) is 5.01 Å². The van der Waals surface area contributed by atoms with E-state index in [4.69, 9.17) is 0 Å². The van der Waals surface area contributed by atoms with Gasteiger partial charge in [-0.3, -0.25) is 0 Å². The Morgan fingerprint density at radius 2 is 1.29 bits per heavy atom. The van der Waals surface area contributed by atoms with Gasteiger partial charge in [-0.2, -0.15) is 0 Å². The Hall–Kier alpha value is -1.64. The van der Waals surface area contributed by atoms with Crippen molar-refractivity contribution in [2.24, 2.45) is 17.1 Å². The SMILES string of the molecule is O=NN1C2C=CC=CC2CCC2C=CC=CC21. The fraction of sp³-hybridized carbons (Fsp3) is 0.429. The highest BCUT2D eigenvalue weighted by atomic mass is 16.3. The summed E-state index contributed by atoms with van der Waals surface area (Å²) in [5, 5.41) is 5.03. The number of allylic oxidation sites excluding steroid dienone is 4. The molecule has 0 saturated carbocycles. The minimum Gasteiger partial charge on any atom is -0.246 e. The van der Waals surface area contributed by atoms with Crippen molar-refractivity contribution in [2.45, 2.75) is 24.9 Å². The Labute approximate surface area is 101 Å². The first kappa shape index (κ1) is 10.5. The van der Waals surface area contributed by atoms with Gasteiger partial charge in [0.05, 0.1) is 17.4 Å². The molecule has 0 aromatic rings. The smallest absolute Gasteiger partial charge is 0.0755 e. The molecule has 2 aliphatic carbocycles. The van der Waals surface area contributed by atoms with Crippen molar-refractivity contribution in [3.63, 3.8) is 0 Å². The summed E-state index contributed by atoms with van der Waals surface area (Å²) >= 11 is 0. The molecule has 88 valence electrons. The molecule has 0 aromatic carbocycles. The lowest BCUT2D eigenvalue weighted by atomic mass is 9.88. The summed E-state index contributed by atoms with van der Waals surface area (Å²) in [5.74, 6) is 0.843. The van der Waals surface area contributed by atoms with E-state index in [1.54, 1.807) is 5.01 Å². The van der Waals surface area contributed by atoms with Gasteiger partial charge in [-0.1, -0.05) is 48.6 Å². The average molecular weight is 228 g/mol. The predicted molar refractivity (Wildman–Crippen MR) is 68.0 cm³/mol. The molecule has 1 aliphatic heterocycles. The van der Waals surface area contributed by atoms with E-state index < -0.39 is 0 Å². The Morgan fingerprint density at radius 3 is 1.76 bits per heavy atom. The molecule has 0 amide bonds. The van der Waals surface area contributed by atoms with Gasteiger partial charge in [0.25, 0.3) is 0 Å². The van der Waals surface area contributed by atoms with Crippen LogP contribution in [-0.2, 0) is 0 Å². The van der Waals surface area contributed by atoms with Gasteiger partial charge in [0, 0.05) is 11.8 Å². The van der Waals surface area contributed by atoms with Crippen LogP contribution in [0.1, 0.15) is 12.8 Å². The quantitative estimate of drug-likeness (QED) is 0.646. The van der Waals surface area contributed by atoms with Gasteiger partial charge in [0.15, 0.2) is 0 Å². The van der Waals surface area contributed by atoms with Gasteiger partial charge < -0.3 is 0 Å². The van der Waals surface area contributed by atoms with E-state index in [1.807, 2.05) is 12.2 Å². The van der Waals surface area contributed by atoms with Crippen LogP contribution in [0.2, 0.25) is 0 Å². The normalized spacial score (nSPS) is 38.5. The lowest BCUT2D eigenvalue weighted by Gasteiger charge is -2.34. The van der Waals surface area contributed by atoms with Crippen LogP contribution < -0.4 is 0 Å². The highest BCUT2D eigenvalue weighted by Crippen LogP contribution is 2.36. The lowest BCUT2D eigenvalue weighted by molar-refractivity contribution is 0.158. The Bertz CT molecular complexity index is 386. The first-order valence-electron chi connectivity index (χ1n) is 6.22. The van der Waals surface area contributed by atoms with E-state index in [9.17, 15) is 4.91 Å². The maximum Gasteiger partial charge on any atom is 0.0755 e. The fourth-order valence-corrected chi connectivity index (χ4v) is 3.08. The van der Waals surface area contributed by atoms with Crippen molar-refractivity contribution < 1.29 is 0 Å². The molecule has 0 N–H and O–H groups in total. The van der Waals surface area contributed by atoms with Gasteiger partial charge >= 0.3 is 0 Å². The Kier molecular flexibility index (Phi) is 2.67. The number of fused-ring (bicyclic) bond motifs is 2. The molecular formula is C14H16N2O. The van der Waals surface area contributed by atoms with E-state index in [-0.39, 0.29) is 12.1 Å². The monoisotopic (exact) mass is 228 g/mol. The summed E-state index contributed by atoms with van der Waals surface area (Å²) in [7, 11) is 0. The zero-order valence-corrected chi connectivity index (χ0v) is 9.65. The minimum atomic E-state index is 0.128. The third kappa shape index (κ3) is 1.75. The first-order chi connectivity index (χ1) is 8.40. The van der Waals surface area contributed by atoms with Crippen LogP contribution in [0, 0.1) is 16.7 Å². The van der Waals surface area contributed by atoms with Crippen LogP contribution in [-0.4, -0.2) is 17.1 Å². The van der Waals surface area contributed by atoms with Crippen molar-refractivity contribution >= 4 is 0 Å². The molecule has 4 atom stereocenters. The second-order valence-corrected chi connectivity index (χ2v) is 4.89. The molecule has 3 rings (SSSR count). The maximum absolute atomic E-state index is 11.2. The molecule has 1 saturated heterocycles. The van der Waals surface area contributed by atoms with Crippen LogP contribution in [0.4, 0.5) is 0 Å². The topological polar surface area (TPSA) is 32.7 Å². The Balaban J connectivity index is 1.95. The first-order valence-corrected chi connectivity index (χ1v) is 6.22. The minimum absolute atomic E-state index is 0.128. The zero-order chi connectivity index (χ0) is 11.7. The van der Waals surface area contributed by atoms with Crippen molar-refractivity contribution in [1.82, 2.24) is 5.01 Å². The summed E-state index contributed by atoms with van der Waals surface area (Å²) in [6.07, 6.45) is 19.0. The molecule has 3 aliphatic rings. The number of hydrogen-bond acceptors (Lipinski definition) is 2. The van der Waals surface area contributed by atoms with Gasteiger partial charge in [0.1, 0.15) is 0 Å². The Morgan fingerprint density at radius 1 is 0.824 bits per heavy atom. The van der Waals surface area contributed by atoms with E-state index in [0.29, 0.717) is 11.8 Å². The number of hydrogen-bond donors (Lipinski definition) is 0. The molecular weight excluding hydrogens is 212 g/mol. The van der Waals surface area contributed by atoms with Gasteiger partial charge in [0.2, 0.25) is 0 Å². The van der Waals surface area contributed by atoms with Crippen molar-refractivity contribution in [3.05, 3.63) is 53.5 Å². The van der Waals surface area contributed by atoms with E-state index in [0.717, 1.165) is 12.8 Å². The van der Waals surface area contributed by atoms with Crippen LogP contribution >= 0.6 is 0 Å². The molecule has 1 fully saturated rings. The molecule has 0 aromatic heterocycles. The summed E-state index contributed by atoms with van der Waals surface area (Å²) in [5.41, 5.74) is 0. The summed E-state index contributed by atoms with van der Waals surface area (Å²) in [4.78, 5) is 11.2. The third-order valence-electron chi connectivity index (χ3n) is 3.97. The average Bonchev–Trinajstić information content (AvgIpc) is 2.55. The maximum atomic E-state index is 11.2.